The predicted octanol–water partition coefficient (Wildman–Crippen LogP) is 8.50. The SMILES string of the molecule is C[C@@H]1CCC2C3CC3(C34CC5CC(CC3C5)C4)C[C@](C)(C3CCCC3)C(C)(C)C2C1. The van der Waals surface area contributed by atoms with Gasteiger partial charge in [-0.15, -0.1) is 0 Å². The van der Waals surface area contributed by atoms with Gasteiger partial charge < -0.3 is 0 Å². The molecule has 4 bridgehead atoms. The molecule has 0 aromatic rings. The van der Waals surface area contributed by atoms with E-state index >= 15 is 0 Å². The maximum Gasteiger partial charge on any atom is -0.0198 e. The van der Waals surface area contributed by atoms with Gasteiger partial charge in [0, 0.05) is 0 Å². The molecule has 0 aromatic heterocycles. The maximum atomic E-state index is 2.86. The molecule has 8 saturated carbocycles. The van der Waals surface area contributed by atoms with Crippen LogP contribution in [0.4, 0.5) is 0 Å². The van der Waals surface area contributed by atoms with Crippen molar-refractivity contribution < 1.29 is 0 Å². The van der Waals surface area contributed by atoms with E-state index < -0.39 is 0 Å². The highest BCUT2D eigenvalue weighted by molar-refractivity contribution is 5.27. The molecule has 30 heavy (non-hydrogen) atoms. The van der Waals surface area contributed by atoms with Crippen molar-refractivity contribution in [3.05, 3.63) is 0 Å². The molecule has 0 nitrogen and oxygen atoms in total. The lowest BCUT2D eigenvalue weighted by Crippen LogP contribution is -2.49. The van der Waals surface area contributed by atoms with Crippen LogP contribution in [0.2, 0.25) is 0 Å². The van der Waals surface area contributed by atoms with Gasteiger partial charge in [-0.05, 0) is 140 Å². The molecule has 0 N–H and O–H groups in total. The third-order valence-electron chi connectivity index (χ3n) is 14.1. The van der Waals surface area contributed by atoms with E-state index in [2.05, 4.69) is 27.7 Å². The van der Waals surface area contributed by atoms with Crippen LogP contribution in [-0.4, -0.2) is 0 Å². The Kier molecular flexibility index (Phi) is 3.84. The molecule has 0 aliphatic heterocycles. The van der Waals surface area contributed by atoms with Crippen LogP contribution in [0.15, 0.2) is 0 Å². The average molecular weight is 409 g/mol. The van der Waals surface area contributed by atoms with Crippen LogP contribution >= 0.6 is 0 Å². The summed E-state index contributed by atoms with van der Waals surface area (Å²) in [5.41, 5.74) is 2.70. The summed E-state index contributed by atoms with van der Waals surface area (Å²) in [5, 5.41) is 0. The van der Waals surface area contributed by atoms with Gasteiger partial charge in [0.15, 0.2) is 0 Å². The van der Waals surface area contributed by atoms with Crippen molar-refractivity contribution in [3.63, 3.8) is 0 Å². The topological polar surface area (TPSA) is 0 Å². The molecule has 8 atom stereocenters. The third kappa shape index (κ3) is 2.17. The molecule has 168 valence electrons. The second-order valence-corrected chi connectivity index (χ2v) is 15.2. The Labute approximate surface area is 186 Å². The first kappa shape index (κ1) is 19.5. The Morgan fingerprint density at radius 2 is 1.33 bits per heavy atom. The van der Waals surface area contributed by atoms with E-state index in [9.17, 15) is 0 Å². The van der Waals surface area contributed by atoms with Crippen molar-refractivity contribution in [2.45, 2.75) is 118 Å². The van der Waals surface area contributed by atoms with Crippen molar-refractivity contribution in [2.75, 3.05) is 0 Å². The van der Waals surface area contributed by atoms with Gasteiger partial charge in [0.05, 0.1) is 0 Å². The van der Waals surface area contributed by atoms with Crippen LogP contribution in [0.3, 0.4) is 0 Å². The molecule has 0 saturated heterocycles. The predicted molar refractivity (Wildman–Crippen MR) is 125 cm³/mol. The summed E-state index contributed by atoms with van der Waals surface area (Å²) in [6, 6.07) is 0. The zero-order valence-electron chi connectivity index (χ0n) is 20.5. The Morgan fingerprint density at radius 1 is 0.633 bits per heavy atom. The molecule has 8 rings (SSSR count). The van der Waals surface area contributed by atoms with Crippen molar-refractivity contribution in [3.8, 4) is 0 Å². The molecule has 0 heteroatoms. The lowest BCUT2D eigenvalue weighted by Gasteiger charge is -2.56. The van der Waals surface area contributed by atoms with Gasteiger partial charge in [-0.2, -0.15) is 0 Å². The molecular formula is C30H48. The summed E-state index contributed by atoms with van der Waals surface area (Å²) in [4.78, 5) is 0. The maximum absolute atomic E-state index is 2.86. The molecule has 0 aromatic carbocycles. The molecular weight excluding hydrogens is 360 g/mol. The summed E-state index contributed by atoms with van der Waals surface area (Å²) >= 11 is 0. The van der Waals surface area contributed by atoms with Crippen LogP contribution in [0.25, 0.3) is 0 Å². The van der Waals surface area contributed by atoms with E-state index in [1.807, 2.05) is 0 Å². The zero-order valence-corrected chi connectivity index (χ0v) is 20.5. The van der Waals surface area contributed by atoms with Crippen LogP contribution in [0.5, 0.6) is 0 Å². The highest BCUT2D eigenvalue weighted by atomic mass is 14.8. The lowest BCUT2D eigenvalue weighted by atomic mass is 9.48. The normalized spacial score (nSPS) is 61.0. The Hall–Kier alpha value is 0. The number of fused-ring (bicyclic) bond motifs is 3. The lowest BCUT2D eigenvalue weighted by molar-refractivity contribution is -0.0787. The minimum Gasteiger partial charge on any atom is -0.0625 e. The quantitative estimate of drug-likeness (QED) is 0.429. The van der Waals surface area contributed by atoms with Gasteiger partial charge in [-0.1, -0.05) is 47.0 Å². The molecule has 8 fully saturated rings. The Morgan fingerprint density at radius 3 is 2.03 bits per heavy atom. The van der Waals surface area contributed by atoms with Crippen LogP contribution in [0, 0.1) is 69.0 Å². The third-order valence-corrected chi connectivity index (χ3v) is 14.1. The average Bonchev–Trinajstić information content (AvgIpc) is 3.01. The fourth-order valence-electron chi connectivity index (χ4n) is 12.7. The van der Waals surface area contributed by atoms with Gasteiger partial charge in [0.1, 0.15) is 0 Å². The first-order valence-corrected chi connectivity index (χ1v) is 14.3. The second-order valence-electron chi connectivity index (χ2n) is 15.2. The van der Waals surface area contributed by atoms with E-state index in [4.69, 9.17) is 0 Å². The first-order chi connectivity index (χ1) is 14.3. The fraction of sp³-hybridized carbons (Fsp3) is 1.00. The van der Waals surface area contributed by atoms with Gasteiger partial charge >= 0.3 is 0 Å². The number of hydrogen-bond donors (Lipinski definition) is 0. The summed E-state index contributed by atoms with van der Waals surface area (Å²) in [7, 11) is 0. The van der Waals surface area contributed by atoms with E-state index in [0.29, 0.717) is 10.8 Å². The van der Waals surface area contributed by atoms with Crippen LogP contribution in [-0.2, 0) is 0 Å². The summed E-state index contributed by atoms with van der Waals surface area (Å²) < 4.78 is 0. The molecule has 0 radical (unpaired) electrons. The highest BCUT2D eigenvalue weighted by Crippen LogP contribution is 2.86. The van der Waals surface area contributed by atoms with E-state index in [0.717, 1.165) is 58.2 Å². The molecule has 0 amide bonds. The van der Waals surface area contributed by atoms with E-state index in [-0.39, 0.29) is 0 Å². The van der Waals surface area contributed by atoms with E-state index in [1.165, 1.54) is 19.3 Å². The van der Waals surface area contributed by atoms with Crippen molar-refractivity contribution >= 4 is 0 Å². The van der Waals surface area contributed by atoms with Gasteiger partial charge in [-0.25, -0.2) is 0 Å². The van der Waals surface area contributed by atoms with Crippen molar-refractivity contribution in [1.29, 1.82) is 0 Å². The monoisotopic (exact) mass is 408 g/mol. The highest BCUT2D eigenvalue weighted by Gasteiger charge is 2.78. The smallest absolute Gasteiger partial charge is 0.0198 e. The molecule has 8 aliphatic carbocycles. The summed E-state index contributed by atoms with van der Waals surface area (Å²) in [5.74, 6) is 8.61. The van der Waals surface area contributed by atoms with E-state index in [1.54, 1.807) is 70.6 Å². The first-order valence-electron chi connectivity index (χ1n) is 14.3. The standard InChI is InChI=1S/C30H48/c1-19-9-10-24-25(11-19)27(2,3)28(4,22-7-5-6-8-22)18-30(17-26(24)30)29-15-20-12-21(16-29)14-23(29)13-20/h19-26H,5-18H2,1-4H3/t19-,20?,21?,23?,24?,25?,26?,28-,29?,30?/m1/s1. The number of hydrogen-bond acceptors (Lipinski definition) is 0. The second kappa shape index (κ2) is 5.91. The van der Waals surface area contributed by atoms with Gasteiger partial charge in [0.25, 0.3) is 0 Å². The summed E-state index contributed by atoms with van der Waals surface area (Å²) in [6.45, 7) is 11.0. The van der Waals surface area contributed by atoms with Crippen LogP contribution < -0.4 is 0 Å². The molecule has 0 spiro atoms. The minimum atomic E-state index is 0.536. The van der Waals surface area contributed by atoms with Gasteiger partial charge in [0.2, 0.25) is 0 Å². The summed E-state index contributed by atoms with van der Waals surface area (Å²) in [6.07, 6.45) is 22.3. The molecule has 6 unspecified atom stereocenters. The van der Waals surface area contributed by atoms with Crippen LogP contribution in [0.1, 0.15) is 118 Å². The Balaban J connectivity index is 1.36. The van der Waals surface area contributed by atoms with Crippen molar-refractivity contribution in [1.82, 2.24) is 0 Å². The van der Waals surface area contributed by atoms with Crippen molar-refractivity contribution in [2.24, 2.45) is 69.0 Å². The largest absolute Gasteiger partial charge is 0.0625 e. The minimum absolute atomic E-state index is 0.536. The Bertz CT molecular complexity index is 712. The molecule has 8 aliphatic rings. The number of rotatable bonds is 2. The fourth-order valence-corrected chi connectivity index (χ4v) is 12.7. The zero-order chi connectivity index (χ0) is 20.5. The molecule has 0 heterocycles. The van der Waals surface area contributed by atoms with Gasteiger partial charge in [-0.3, -0.25) is 0 Å².